The summed E-state index contributed by atoms with van der Waals surface area (Å²) in [5.41, 5.74) is -0.00115. The van der Waals surface area contributed by atoms with Crippen molar-refractivity contribution in [3.05, 3.63) is 76.4 Å². The zero-order chi connectivity index (χ0) is 32.9. The number of rotatable bonds is 8. The molecule has 3 aromatic rings. The highest BCUT2D eigenvalue weighted by Crippen LogP contribution is 2.52. The molecule has 1 saturated heterocycles. The lowest BCUT2D eigenvalue weighted by Gasteiger charge is -2.46. The van der Waals surface area contributed by atoms with Gasteiger partial charge in [0, 0.05) is 46.5 Å². The molecule has 6 rings (SSSR count). The quantitative estimate of drug-likeness (QED) is 0.361. The molecule has 0 spiro atoms. The van der Waals surface area contributed by atoms with Crippen molar-refractivity contribution in [2.75, 3.05) is 31.6 Å². The van der Waals surface area contributed by atoms with Crippen LogP contribution in [0.4, 0.5) is 18.9 Å². The van der Waals surface area contributed by atoms with E-state index < -0.39 is 23.2 Å². The van der Waals surface area contributed by atoms with Gasteiger partial charge < -0.3 is 24.4 Å². The zero-order valence-corrected chi connectivity index (χ0v) is 26.4. The molecular weight excluding hydrogens is 597 g/mol. The van der Waals surface area contributed by atoms with Gasteiger partial charge in [0.15, 0.2) is 0 Å². The van der Waals surface area contributed by atoms with Gasteiger partial charge in [0.1, 0.15) is 12.2 Å². The largest absolute Gasteiger partial charge is 0.416 e. The Hall–Kier alpha value is -4.21. The van der Waals surface area contributed by atoms with Gasteiger partial charge in [-0.05, 0) is 79.0 Å². The first kappa shape index (κ1) is 31.8. The minimum atomic E-state index is -4.64. The lowest BCUT2D eigenvalue weighted by atomic mass is 9.58. The molecule has 12 heteroatoms. The molecule has 2 aliphatic heterocycles. The Kier molecular flexibility index (Phi) is 8.19. The number of nitrogens with zero attached hydrogens (tertiary/aromatic N) is 5. The van der Waals surface area contributed by atoms with Crippen molar-refractivity contribution in [3.63, 3.8) is 0 Å². The molecule has 46 heavy (non-hydrogen) atoms. The topological polar surface area (TPSA) is 92.6 Å². The molecule has 1 aromatic heterocycles. The third kappa shape index (κ3) is 5.56. The number of aryl methyl sites for hydroxylation is 1. The number of aromatic nitrogens is 3. The number of carbonyl (C=O) groups is 2. The van der Waals surface area contributed by atoms with Crippen LogP contribution < -0.4 is 10.2 Å². The first-order valence-electron chi connectivity index (χ1n) is 15.4. The summed E-state index contributed by atoms with van der Waals surface area (Å²) >= 11 is 0. The number of halogens is 3. The first-order valence-corrected chi connectivity index (χ1v) is 15.4. The Bertz CT molecular complexity index is 1740. The van der Waals surface area contributed by atoms with E-state index in [0.29, 0.717) is 43.2 Å². The molecule has 2 amide bonds. The number of carbonyl (C=O) groups excluding carboxylic acids is 2. The van der Waals surface area contributed by atoms with Crippen LogP contribution in [0.3, 0.4) is 0 Å². The molecule has 244 valence electrons. The fourth-order valence-corrected chi connectivity index (χ4v) is 7.42. The van der Waals surface area contributed by atoms with Crippen LogP contribution in [0.25, 0.3) is 0 Å². The van der Waals surface area contributed by atoms with E-state index in [1.54, 1.807) is 37.4 Å². The summed E-state index contributed by atoms with van der Waals surface area (Å²) in [5.74, 6) is 5.70. The van der Waals surface area contributed by atoms with E-state index >= 15 is 0 Å². The van der Waals surface area contributed by atoms with Crippen LogP contribution in [0.1, 0.15) is 73.0 Å². The number of hydrogen-bond donors (Lipinski definition) is 1. The van der Waals surface area contributed by atoms with Crippen molar-refractivity contribution in [3.8, 4) is 11.8 Å². The second-order valence-electron chi connectivity index (χ2n) is 12.8. The van der Waals surface area contributed by atoms with Crippen LogP contribution in [-0.4, -0.2) is 63.8 Å². The SMILES string of the molecule is CC#CC(=O)N1CC[C@@](CNCc2cc3c(c(C(F)(F)F)c2)CN(c2cccc(C4(c5nncn5C)CC(C)C4)c2)C3=O)(OC)C1.[HH]. The van der Waals surface area contributed by atoms with Crippen molar-refractivity contribution < 1.29 is 28.9 Å². The number of nitrogens with one attached hydrogen (secondary N) is 1. The second kappa shape index (κ2) is 11.9. The summed E-state index contributed by atoms with van der Waals surface area (Å²) in [4.78, 5) is 29.1. The predicted octanol–water partition coefficient (Wildman–Crippen LogP) is 4.69. The molecular formula is C34H39F3N6O3. The number of alkyl halides is 3. The Labute approximate surface area is 267 Å². The lowest BCUT2D eigenvalue weighted by molar-refractivity contribution is -0.138. The fraction of sp³-hybridized carbons (Fsp3) is 0.471. The summed E-state index contributed by atoms with van der Waals surface area (Å²) < 4.78 is 50.9. The van der Waals surface area contributed by atoms with Gasteiger partial charge in [-0.2, -0.15) is 13.2 Å². The van der Waals surface area contributed by atoms with E-state index in [9.17, 15) is 22.8 Å². The molecule has 0 unspecified atom stereocenters. The number of fused-ring (bicyclic) bond motifs is 1. The number of anilines is 1. The van der Waals surface area contributed by atoms with E-state index in [0.717, 1.165) is 30.3 Å². The van der Waals surface area contributed by atoms with Gasteiger partial charge >= 0.3 is 6.18 Å². The minimum absolute atomic E-state index is 0. The standard InChI is InChI=1S/C34H37F3N6O3.H2/c1-5-7-29(44)42-11-10-32(20-42,46-4)19-38-17-23-12-26-27(28(13-23)34(35,36)37)18-43(30(26)45)25-9-6-8-24(14-25)33(15-22(2)16-33)31-40-39-21-41(31)3;/h6,8-9,12-14,21-22,38H,10-11,15-20H2,1-4H3;1H/t22?,32-,33?;/m0./s1. The van der Waals surface area contributed by atoms with Crippen molar-refractivity contribution in [1.29, 1.82) is 0 Å². The van der Waals surface area contributed by atoms with Gasteiger partial charge in [-0.15, -0.1) is 10.2 Å². The van der Waals surface area contributed by atoms with Crippen molar-refractivity contribution in [1.82, 2.24) is 25.0 Å². The van der Waals surface area contributed by atoms with E-state index in [-0.39, 0.29) is 37.0 Å². The molecule has 2 fully saturated rings. The summed E-state index contributed by atoms with van der Waals surface area (Å²) in [6, 6.07) is 10.2. The van der Waals surface area contributed by atoms with Gasteiger partial charge in [-0.25, -0.2) is 0 Å². The Balaban J connectivity index is 0.00000433. The van der Waals surface area contributed by atoms with Crippen LogP contribution in [0, 0.1) is 17.8 Å². The third-order valence-electron chi connectivity index (χ3n) is 9.70. The van der Waals surface area contributed by atoms with Crippen molar-refractivity contribution >= 4 is 17.5 Å². The second-order valence-corrected chi connectivity index (χ2v) is 12.8. The van der Waals surface area contributed by atoms with Crippen LogP contribution in [0.5, 0.6) is 0 Å². The number of hydrogen-bond acceptors (Lipinski definition) is 6. The number of methoxy groups -OCH3 is 1. The third-order valence-corrected chi connectivity index (χ3v) is 9.70. The fourth-order valence-electron chi connectivity index (χ4n) is 7.42. The zero-order valence-electron chi connectivity index (χ0n) is 26.4. The molecule has 1 atom stereocenters. The summed E-state index contributed by atoms with van der Waals surface area (Å²) in [5, 5.41) is 11.7. The smallest absolute Gasteiger partial charge is 0.375 e. The minimum Gasteiger partial charge on any atom is -0.375 e. The van der Waals surface area contributed by atoms with Crippen molar-refractivity contribution in [2.45, 2.75) is 63.4 Å². The summed E-state index contributed by atoms with van der Waals surface area (Å²) in [6.45, 7) is 4.79. The van der Waals surface area contributed by atoms with E-state index in [1.165, 1.54) is 4.90 Å². The molecule has 1 N–H and O–H groups in total. The number of likely N-dealkylation sites (tertiary alicyclic amines) is 1. The highest BCUT2D eigenvalue weighted by Gasteiger charge is 2.48. The highest BCUT2D eigenvalue weighted by molar-refractivity contribution is 6.10. The van der Waals surface area contributed by atoms with Crippen LogP contribution in [-0.2, 0) is 41.3 Å². The summed E-state index contributed by atoms with van der Waals surface area (Å²) in [7, 11) is 3.46. The van der Waals surface area contributed by atoms with E-state index in [1.807, 2.05) is 29.8 Å². The maximum atomic E-state index is 14.4. The number of ether oxygens (including phenoxy) is 1. The van der Waals surface area contributed by atoms with E-state index in [4.69, 9.17) is 4.74 Å². The lowest BCUT2D eigenvalue weighted by Crippen LogP contribution is -2.45. The average molecular weight is 637 g/mol. The average Bonchev–Trinajstić information content (AvgIpc) is 3.73. The number of amides is 2. The predicted molar refractivity (Wildman–Crippen MR) is 167 cm³/mol. The van der Waals surface area contributed by atoms with Gasteiger partial charge in [0.25, 0.3) is 11.8 Å². The van der Waals surface area contributed by atoms with Gasteiger partial charge in [-0.3, -0.25) is 9.59 Å². The molecule has 1 saturated carbocycles. The molecule has 3 heterocycles. The van der Waals surface area contributed by atoms with Gasteiger partial charge in [0.05, 0.1) is 29.7 Å². The molecule has 1 aliphatic carbocycles. The van der Waals surface area contributed by atoms with Crippen molar-refractivity contribution in [2.24, 2.45) is 13.0 Å². The number of benzene rings is 2. The first-order chi connectivity index (χ1) is 21.9. The van der Waals surface area contributed by atoms with Gasteiger partial charge in [-0.1, -0.05) is 25.0 Å². The van der Waals surface area contributed by atoms with Crippen LogP contribution in [0.2, 0.25) is 0 Å². The maximum absolute atomic E-state index is 14.4. The maximum Gasteiger partial charge on any atom is 0.416 e. The Morgan fingerprint density at radius 1 is 1.24 bits per heavy atom. The molecule has 0 bridgehead atoms. The van der Waals surface area contributed by atoms with Crippen LogP contribution in [0.15, 0.2) is 42.7 Å². The highest BCUT2D eigenvalue weighted by atomic mass is 19.4. The molecule has 9 nitrogen and oxygen atoms in total. The Morgan fingerprint density at radius 3 is 2.67 bits per heavy atom. The monoisotopic (exact) mass is 636 g/mol. The molecule has 0 radical (unpaired) electrons. The van der Waals surface area contributed by atoms with Gasteiger partial charge in [0.2, 0.25) is 0 Å². The molecule has 2 aromatic carbocycles. The Morgan fingerprint density at radius 2 is 2.02 bits per heavy atom. The summed E-state index contributed by atoms with van der Waals surface area (Å²) in [6.07, 6.45) is -0.698. The normalized spacial score (nSPS) is 24.1. The van der Waals surface area contributed by atoms with E-state index in [2.05, 4.69) is 34.3 Å². The molecule has 3 aliphatic rings. The van der Waals surface area contributed by atoms with Crippen LogP contribution >= 0.6 is 0 Å².